The average Bonchev–Trinajstić information content (AvgIpc) is 2.04. The van der Waals surface area contributed by atoms with Gasteiger partial charge < -0.3 is 0 Å². The molecule has 0 N–H and O–H groups in total. The topological polar surface area (TPSA) is 42.3 Å². The Balaban J connectivity index is 3.30. The van der Waals surface area contributed by atoms with Crippen LogP contribution < -0.4 is 0 Å². The van der Waals surface area contributed by atoms with E-state index in [4.69, 9.17) is 6.42 Å². The van der Waals surface area contributed by atoms with Gasteiger partial charge in [0.25, 0.3) is 0 Å². The maximum atomic E-state index is 10.1. The molecule has 1 rings (SSSR count). The van der Waals surface area contributed by atoms with Crippen LogP contribution in [0.5, 0.6) is 0 Å². The Kier molecular flexibility index (Phi) is 2.34. The summed E-state index contributed by atoms with van der Waals surface area (Å²) < 4.78 is 0.686. The van der Waals surface area contributed by atoms with E-state index in [1.54, 1.807) is 0 Å². The first-order valence-corrected chi connectivity index (χ1v) is 3.52. The highest BCUT2D eigenvalue weighted by Gasteiger charge is 2.00. The van der Waals surface area contributed by atoms with E-state index in [0.717, 1.165) is 0 Å². The zero-order valence-electron chi connectivity index (χ0n) is 5.41. The summed E-state index contributed by atoms with van der Waals surface area (Å²) in [4.78, 5) is 13.9. The van der Waals surface area contributed by atoms with Gasteiger partial charge in [0.2, 0.25) is 0 Å². The Hall–Kier alpha value is -1.21. The first-order valence-electron chi connectivity index (χ1n) is 2.73. The molecular weight excluding hydrogens is 208 g/mol. The average molecular weight is 211 g/mol. The van der Waals surface area contributed by atoms with E-state index >= 15 is 0 Å². The monoisotopic (exact) mass is 210 g/mol. The second kappa shape index (κ2) is 3.26. The number of halogens is 1. The van der Waals surface area contributed by atoms with Crippen molar-refractivity contribution in [2.75, 3.05) is 0 Å². The molecule has 0 aliphatic carbocycles. The van der Waals surface area contributed by atoms with Gasteiger partial charge in [-0.2, -0.15) is 0 Å². The van der Waals surface area contributed by atoms with Crippen LogP contribution in [-0.4, -0.2) is 4.98 Å². The molecule has 0 atom stereocenters. The fourth-order valence-electron chi connectivity index (χ4n) is 0.609. The molecule has 0 spiro atoms. The molecule has 0 amide bonds. The molecule has 11 heavy (non-hydrogen) atoms. The molecule has 0 saturated carbocycles. The number of pyridine rings is 1. The van der Waals surface area contributed by atoms with E-state index in [1.807, 2.05) is 0 Å². The maximum Gasteiger partial charge on any atom is 0.143 e. The molecule has 0 saturated heterocycles. The van der Waals surface area contributed by atoms with Gasteiger partial charge >= 0.3 is 0 Å². The molecule has 1 aromatic heterocycles. The summed E-state index contributed by atoms with van der Waals surface area (Å²) in [5.41, 5.74) is 0.449. The van der Waals surface area contributed by atoms with Gasteiger partial charge in [0, 0.05) is 10.7 Å². The Morgan fingerprint density at radius 2 is 2.45 bits per heavy atom. The van der Waals surface area contributed by atoms with Gasteiger partial charge in [-0.1, -0.05) is 0 Å². The molecule has 0 aromatic carbocycles. The largest absolute Gasteiger partial charge is 0.244 e. The van der Waals surface area contributed by atoms with Crippen molar-refractivity contribution in [3.05, 3.63) is 27.3 Å². The highest BCUT2D eigenvalue weighted by atomic mass is 79.9. The molecule has 0 radical (unpaired) electrons. The van der Waals surface area contributed by atoms with Crippen LogP contribution >= 0.6 is 15.9 Å². The molecule has 4 heteroatoms. The SMILES string of the molecule is C#Cc1ncc(Br)cc1N=O. The van der Waals surface area contributed by atoms with E-state index in [-0.39, 0.29) is 11.4 Å². The minimum atomic E-state index is 0.182. The number of terminal acetylenes is 1. The lowest BCUT2D eigenvalue weighted by Gasteiger charge is -1.93. The molecule has 0 unspecified atom stereocenters. The standard InChI is InChI=1S/C7H3BrN2O/c1-2-6-7(10-11)3-5(8)4-9-6/h1,3-4H. The lowest BCUT2D eigenvalue weighted by molar-refractivity contribution is 1.25. The first-order chi connectivity index (χ1) is 5.27. The normalized spacial score (nSPS) is 8.73. The zero-order chi connectivity index (χ0) is 8.27. The number of hydrogen-bond donors (Lipinski definition) is 0. The Bertz CT molecular complexity index is 330. The number of nitroso groups, excluding NO2 is 1. The van der Waals surface area contributed by atoms with Gasteiger partial charge in [-0.15, -0.1) is 11.3 Å². The lowest BCUT2D eigenvalue weighted by Crippen LogP contribution is -1.81. The Morgan fingerprint density at radius 1 is 1.73 bits per heavy atom. The fraction of sp³-hybridized carbons (Fsp3) is 0. The van der Waals surface area contributed by atoms with Crippen molar-refractivity contribution in [1.29, 1.82) is 0 Å². The number of rotatable bonds is 1. The first kappa shape index (κ1) is 7.89. The summed E-state index contributed by atoms with van der Waals surface area (Å²) in [6, 6.07) is 1.52. The summed E-state index contributed by atoms with van der Waals surface area (Å²) in [6.07, 6.45) is 6.57. The van der Waals surface area contributed by atoms with E-state index < -0.39 is 0 Å². The zero-order valence-corrected chi connectivity index (χ0v) is 7.00. The molecule has 0 fully saturated rings. The van der Waals surface area contributed by atoms with Crippen LogP contribution in [0, 0.1) is 17.3 Å². The Labute approximate surface area is 71.9 Å². The van der Waals surface area contributed by atoms with Crippen LogP contribution in [0.2, 0.25) is 0 Å². The van der Waals surface area contributed by atoms with E-state index in [9.17, 15) is 4.91 Å². The summed E-state index contributed by atoms with van der Waals surface area (Å²) in [7, 11) is 0. The van der Waals surface area contributed by atoms with E-state index in [0.29, 0.717) is 4.47 Å². The molecule has 0 aliphatic rings. The van der Waals surface area contributed by atoms with Gasteiger partial charge in [0.1, 0.15) is 11.4 Å². The summed E-state index contributed by atoms with van der Waals surface area (Å²) in [5, 5.41) is 2.72. The smallest absolute Gasteiger partial charge is 0.143 e. The number of nitrogens with zero attached hydrogens (tertiary/aromatic N) is 2. The highest BCUT2D eigenvalue weighted by molar-refractivity contribution is 9.10. The molecule has 3 nitrogen and oxygen atoms in total. The second-order valence-electron chi connectivity index (χ2n) is 1.76. The van der Waals surface area contributed by atoms with Crippen molar-refractivity contribution in [3.63, 3.8) is 0 Å². The van der Waals surface area contributed by atoms with Gasteiger partial charge in [0.05, 0.1) is 0 Å². The predicted octanol–water partition coefficient (Wildman–Crippen LogP) is 2.22. The van der Waals surface area contributed by atoms with Crippen molar-refractivity contribution in [2.45, 2.75) is 0 Å². The number of hydrogen-bond acceptors (Lipinski definition) is 3. The summed E-state index contributed by atoms with van der Waals surface area (Å²) >= 11 is 3.14. The van der Waals surface area contributed by atoms with Crippen LogP contribution in [-0.2, 0) is 0 Å². The van der Waals surface area contributed by atoms with Crippen LogP contribution in [0.1, 0.15) is 5.69 Å². The second-order valence-corrected chi connectivity index (χ2v) is 2.67. The van der Waals surface area contributed by atoms with Gasteiger partial charge in [-0.25, -0.2) is 4.98 Å². The van der Waals surface area contributed by atoms with Crippen LogP contribution in [0.25, 0.3) is 0 Å². The van der Waals surface area contributed by atoms with E-state index in [1.165, 1.54) is 12.3 Å². The molecule has 0 aliphatic heterocycles. The molecular formula is C7H3BrN2O. The van der Waals surface area contributed by atoms with Crippen molar-refractivity contribution < 1.29 is 0 Å². The quantitative estimate of drug-likeness (QED) is 0.527. The highest BCUT2D eigenvalue weighted by Crippen LogP contribution is 2.20. The minimum Gasteiger partial charge on any atom is -0.244 e. The van der Waals surface area contributed by atoms with Crippen LogP contribution in [0.15, 0.2) is 21.9 Å². The van der Waals surface area contributed by atoms with Crippen molar-refractivity contribution in [2.24, 2.45) is 5.18 Å². The number of aromatic nitrogens is 1. The Morgan fingerprint density at radius 3 is 3.00 bits per heavy atom. The molecule has 54 valence electrons. The summed E-state index contributed by atoms with van der Waals surface area (Å²) in [6.45, 7) is 0. The molecule has 0 bridgehead atoms. The predicted molar refractivity (Wildman–Crippen MR) is 45.3 cm³/mol. The molecule has 1 aromatic rings. The van der Waals surface area contributed by atoms with Crippen LogP contribution in [0.3, 0.4) is 0 Å². The van der Waals surface area contributed by atoms with Gasteiger partial charge in [-0.3, -0.25) is 0 Å². The minimum absolute atomic E-state index is 0.182. The molecule has 1 heterocycles. The third-order valence-corrected chi connectivity index (χ3v) is 1.50. The van der Waals surface area contributed by atoms with Crippen LogP contribution in [0.4, 0.5) is 5.69 Å². The third kappa shape index (κ3) is 1.63. The van der Waals surface area contributed by atoms with E-state index in [2.05, 4.69) is 32.0 Å². The van der Waals surface area contributed by atoms with Crippen molar-refractivity contribution in [1.82, 2.24) is 4.98 Å². The van der Waals surface area contributed by atoms with Crippen molar-refractivity contribution in [3.8, 4) is 12.3 Å². The third-order valence-electron chi connectivity index (χ3n) is 1.07. The van der Waals surface area contributed by atoms with Crippen molar-refractivity contribution >= 4 is 21.6 Å². The van der Waals surface area contributed by atoms with Gasteiger partial charge in [-0.05, 0) is 33.1 Å². The summed E-state index contributed by atoms with van der Waals surface area (Å²) in [5.74, 6) is 2.25. The maximum absolute atomic E-state index is 10.1. The van der Waals surface area contributed by atoms with Gasteiger partial charge in [0.15, 0.2) is 0 Å². The fourth-order valence-corrected chi connectivity index (χ4v) is 0.929. The lowest BCUT2D eigenvalue weighted by atomic mass is 10.3.